The monoisotopic (exact) mass is 434 g/mol. The van der Waals surface area contributed by atoms with Crippen LogP contribution in [0, 0.1) is 16.7 Å². The first-order valence-corrected chi connectivity index (χ1v) is 10.3. The third-order valence-electron chi connectivity index (χ3n) is 5.55. The minimum Gasteiger partial charge on any atom is -0.458 e. The number of carbonyl (C=O) groups excluding carboxylic acids is 2. The van der Waals surface area contributed by atoms with Gasteiger partial charge in [0, 0.05) is 6.42 Å². The summed E-state index contributed by atoms with van der Waals surface area (Å²) in [6.45, 7) is 2.29. The Balaban J connectivity index is 1.86. The molecule has 0 amide bonds. The summed E-state index contributed by atoms with van der Waals surface area (Å²) in [5, 5.41) is 6.57. The quantitative estimate of drug-likeness (QED) is 0.136. The molecule has 0 aliphatic heterocycles. The summed E-state index contributed by atoms with van der Waals surface area (Å²) in [6.07, 6.45) is 1.56. The first-order valence-electron chi connectivity index (χ1n) is 7.99. The van der Waals surface area contributed by atoms with Gasteiger partial charge in [-0.05, 0) is 24.2 Å². The molecule has 0 spiro atoms. The summed E-state index contributed by atoms with van der Waals surface area (Å²) in [7, 11) is -4.14. The molecule has 2 unspecified atom stereocenters. The van der Waals surface area contributed by atoms with Crippen LogP contribution in [-0.2, 0) is 38.0 Å². The molecular weight excluding hydrogens is 414 g/mol. The van der Waals surface area contributed by atoms with E-state index in [-0.39, 0.29) is 11.7 Å². The number of alkyl halides is 2. The number of esters is 1. The Morgan fingerprint density at radius 2 is 2.04 bits per heavy atom. The van der Waals surface area contributed by atoms with Crippen LogP contribution >= 0.6 is 12.0 Å². The molecule has 9 nitrogen and oxygen atoms in total. The molecule has 2 atom stereocenters. The summed E-state index contributed by atoms with van der Waals surface area (Å²) in [4.78, 5) is 23.5. The van der Waals surface area contributed by atoms with Crippen LogP contribution in [0.25, 0.3) is 0 Å². The molecule has 0 aromatic carbocycles. The fourth-order valence-electron chi connectivity index (χ4n) is 3.92. The second kappa shape index (κ2) is 7.87. The highest BCUT2D eigenvalue weighted by Crippen LogP contribution is 2.64. The summed E-state index contributed by atoms with van der Waals surface area (Å²) in [6, 6.07) is 0. The topological polar surface area (TPSA) is 125 Å². The van der Waals surface area contributed by atoms with Crippen molar-refractivity contribution in [3.05, 3.63) is 0 Å². The molecule has 0 saturated heterocycles. The molecule has 2 fully saturated rings. The van der Waals surface area contributed by atoms with Crippen LogP contribution in [0.15, 0.2) is 0 Å². The highest BCUT2D eigenvalue weighted by Gasteiger charge is 2.65. The molecule has 1 N–H and O–H groups in total. The van der Waals surface area contributed by atoms with Gasteiger partial charge in [0.2, 0.25) is 0 Å². The van der Waals surface area contributed by atoms with Crippen molar-refractivity contribution < 1.29 is 50.3 Å². The molecule has 2 aliphatic rings. The van der Waals surface area contributed by atoms with Crippen LogP contribution in [0.1, 0.15) is 33.1 Å². The SMILES string of the molecule is CC1(C)C2CCC1(CS(=O)(=O)OCCOC(=O)C(F)(F)SOOO)C(=O)C2. The minimum absolute atomic E-state index is 0.106. The molecule has 13 heteroatoms. The lowest BCUT2D eigenvalue weighted by Crippen LogP contribution is -2.42. The molecule has 27 heavy (non-hydrogen) atoms. The Hall–Kier alpha value is -0.860. The van der Waals surface area contributed by atoms with Gasteiger partial charge < -0.3 is 4.74 Å². The van der Waals surface area contributed by atoms with Crippen molar-refractivity contribution in [2.75, 3.05) is 19.0 Å². The fourth-order valence-corrected chi connectivity index (χ4v) is 5.85. The molecule has 2 saturated carbocycles. The van der Waals surface area contributed by atoms with Gasteiger partial charge in [-0.25, -0.2) is 10.1 Å². The van der Waals surface area contributed by atoms with Crippen molar-refractivity contribution in [1.29, 1.82) is 0 Å². The van der Waals surface area contributed by atoms with Gasteiger partial charge in [-0.1, -0.05) is 18.9 Å². The lowest BCUT2D eigenvalue weighted by Gasteiger charge is -2.35. The van der Waals surface area contributed by atoms with Gasteiger partial charge in [-0.15, -0.1) is 4.33 Å². The van der Waals surface area contributed by atoms with E-state index in [1.807, 2.05) is 13.8 Å². The van der Waals surface area contributed by atoms with E-state index in [4.69, 9.17) is 9.44 Å². The molecule has 0 aromatic rings. The maximum absolute atomic E-state index is 13.1. The zero-order valence-electron chi connectivity index (χ0n) is 14.6. The largest absolute Gasteiger partial charge is 0.458 e. The van der Waals surface area contributed by atoms with Crippen molar-refractivity contribution in [3.8, 4) is 0 Å². The zero-order valence-corrected chi connectivity index (χ0v) is 16.2. The molecule has 0 heterocycles. The number of carbonyl (C=O) groups is 2. The number of ketones is 1. The van der Waals surface area contributed by atoms with E-state index < -0.39 is 63.2 Å². The summed E-state index contributed by atoms with van der Waals surface area (Å²) in [5.74, 6) is -2.50. The van der Waals surface area contributed by atoms with Crippen molar-refractivity contribution >= 4 is 33.9 Å². The van der Waals surface area contributed by atoms with E-state index >= 15 is 0 Å². The Morgan fingerprint density at radius 1 is 1.37 bits per heavy atom. The molecule has 0 radical (unpaired) electrons. The van der Waals surface area contributed by atoms with Crippen LogP contribution in [0.3, 0.4) is 0 Å². The van der Waals surface area contributed by atoms with Crippen LogP contribution < -0.4 is 0 Å². The number of rotatable bonds is 10. The molecule has 2 aliphatic carbocycles. The summed E-state index contributed by atoms with van der Waals surface area (Å²) < 4.78 is 63.2. The van der Waals surface area contributed by atoms with Crippen molar-refractivity contribution in [2.45, 2.75) is 38.4 Å². The first-order chi connectivity index (χ1) is 12.4. The van der Waals surface area contributed by atoms with Crippen LogP contribution in [0.2, 0.25) is 0 Å². The predicted octanol–water partition coefficient (Wildman–Crippen LogP) is 1.93. The highest BCUT2D eigenvalue weighted by molar-refractivity contribution is 7.96. The Kier molecular flexibility index (Phi) is 6.54. The molecule has 156 valence electrons. The van der Waals surface area contributed by atoms with Gasteiger partial charge in [-0.3, -0.25) is 8.98 Å². The number of hydrogen-bond donors (Lipinski definition) is 1. The van der Waals surface area contributed by atoms with E-state index in [9.17, 15) is 26.8 Å². The maximum Gasteiger partial charge on any atom is 0.415 e. The van der Waals surface area contributed by atoms with Gasteiger partial charge in [0.1, 0.15) is 31.0 Å². The summed E-state index contributed by atoms with van der Waals surface area (Å²) >= 11 is -0.798. The fraction of sp³-hybridized carbons (Fsp3) is 0.857. The number of halogens is 2. The van der Waals surface area contributed by atoms with Gasteiger partial charge >= 0.3 is 11.2 Å². The van der Waals surface area contributed by atoms with Gasteiger partial charge in [0.25, 0.3) is 10.1 Å². The van der Waals surface area contributed by atoms with E-state index in [0.717, 1.165) is 6.42 Å². The standard InChI is InChI=1S/C14H20F2O9S2/c1-12(2)9-3-4-13(12,10(17)7-9)8-27(20,21)23-6-5-22-11(18)14(15,16)26-25-24-19/h9,19H,3-8H2,1-2H3. The smallest absolute Gasteiger partial charge is 0.415 e. The zero-order chi connectivity index (χ0) is 20.5. The third-order valence-corrected chi connectivity index (χ3v) is 7.43. The average molecular weight is 434 g/mol. The number of hydrogen-bond acceptors (Lipinski definition) is 10. The molecular formula is C14H20F2O9S2. The molecule has 0 aromatic heterocycles. The Labute approximate surface area is 158 Å². The third kappa shape index (κ3) is 4.43. The van der Waals surface area contributed by atoms with E-state index in [0.29, 0.717) is 12.8 Å². The Bertz CT molecular complexity index is 695. The second-order valence-electron chi connectivity index (χ2n) is 7.07. The minimum atomic E-state index is -4.18. The van der Waals surface area contributed by atoms with Crippen LogP contribution in [0.5, 0.6) is 0 Å². The summed E-state index contributed by atoms with van der Waals surface area (Å²) in [5.41, 5.74) is -1.49. The normalized spacial score (nSPS) is 27.1. The number of Topliss-reactive ketones (excluding diaryl/α,β-unsaturated/α-hetero) is 1. The highest BCUT2D eigenvalue weighted by atomic mass is 32.2. The molecule has 2 rings (SSSR count). The van der Waals surface area contributed by atoms with Crippen molar-refractivity contribution in [1.82, 2.24) is 0 Å². The maximum atomic E-state index is 13.1. The van der Waals surface area contributed by atoms with Gasteiger partial charge in [0.05, 0.1) is 11.2 Å². The van der Waals surface area contributed by atoms with Crippen LogP contribution in [-0.4, -0.2) is 49.6 Å². The van der Waals surface area contributed by atoms with Crippen molar-refractivity contribution in [2.24, 2.45) is 16.7 Å². The second-order valence-corrected chi connectivity index (χ2v) is 9.52. The van der Waals surface area contributed by atoms with Gasteiger partial charge in [-0.2, -0.15) is 17.2 Å². The lowest BCUT2D eigenvalue weighted by molar-refractivity contribution is -0.433. The first kappa shape index (κ1) is 22.4. The van der Waals surface area contributed by atoms with E-state index in [1.165, 1.54) is 0 Å². The van der Waals surface area contributed by atoms with E-state index in [1.54, 1.807) is 0 Å². The number of ether oxygens (including phenoxy) is 1. The average Bonchev–Trinajstić information content (AvgIpc) is 2.90. The van der Waals surface area contributed by atoms with Gasteiger partial charge in [0.15, 0.2) is 0 Å². The lowest BCUT2D eigenvalue weighted by atomic mass is 9.70. The number of fused-ring (bicyclic) bond motifs is 2. The van der Waals surface area contributed by atoms with Crippen LogP contribution in [0.4, 0.5) is 8.78 Å². The Morgan fingerprint density at radius 3 is 2.56 bits per heavy atom. The predicted molar refractivity (Wildman–Crippen MR) is 86.6 cm³/mol. The van der Waals surface area contributed by atoms with Crippen molar-refractivity contribution in [3.63, 3.8) is 0 Å². The van der Waals surface area contributed by atoms with E-state index in [2.05, 4.69) is 14.1 Å². The molecule has 2 bridgehead atoms.